The lowest BCUT2D eigenvalue weighted by molar-refractivity contribution is 0.0940. The van der Waals surface area contributed by atoms with Crippen molar-refractivity contribution in [2.45, 2.75) is 24.8 Å². The number of anilines is 1. The van der Waals surface area contributed by atoms with E-state index in [1.165, 1.54) is 34.4 Å². The molecule has 0 bridgehead atoms. The number of nitrogens with zero attached hydrogens (tertiary/aromatic N) is 2. The molecule has 2 N–H and O–H groups in total. The molecule has 0 saturated carbocycles. The third-order valence-electron chi connectivity index (χ3n) is 4.67. The van der Waals surface area contributed by atoms with E-state index in [0.29, 0.717) is 16.7 Å². The number of aromatic nitrogens is 2. The van der Waals surface area contributed by atoms with Crippen LogP contribution in [0.1, 0.15) is 24.2 Å². The summed E-state index contributed by atoms with van der Waals surface area (Å²) < 4.78 is 36.5. The van der Waals surface area contributed by atoms with Crippen LogP contribution in [0.4, 0.5) is 5.69 Å². The Kier molecular flexibility index (Phi) is 5.62. The lowest BCUT2D eigenvalue weighted by Gasteiger charge is -2.14. The number of hydrogen-bond donors (Lipinski definition) is 2. The molecule has 9 nitrogen and oxygen atoms in total. The summed E-state index contributed by atoms with van der Waals surface area (Å²) in [4.78, 5) is 24.4. The minimum atomic E-state index is -3.99. The first-order chi connectivity index (χ1) is 14.0. The average molecular weight is 433 g/mol. The number of methoxy groups -OCH3 is 1. The molecule has 10 heteroatoms. The fourth-order valence-corrected chi connectivity index (χ4v) is 4.23. The van der Waals surface area contributed by atoms with Crippen LogP contribution in [-0.2, 0) is 24.1 Å². The van der Waals surface area contributed by atoms with E-state index in [0.717, 1.165) is 0 Å². The molecule has 3 rings (SSSR count). The van der Waals surface area contributed by atoms with E-state index in [-0.39, 0.29) is 27.9 Å². The smallest absolute Gasteiger partial charge is 0.328 e. The van der Waals surface area contributed by atoms with Crippen molar-refractivity contribution in [2.24, 2.45) is 14.1 Å². The summed E-state index contributed by atoms with van der Waals surface area (Å²) in [5, 5.41) is 2.73. The number of amides is 1. The maximum atomic E-state index is 12.9. The third kappa shape index (κ3) is 3.90. The Morgan fingerprint density at radius 2 is 1.70 bits per heavy atom. The Morgan fingerprint density at radius 1 is 1.03 bits per heavy atom. The molecule has 2 aromatic carbocycles. The number of imidazole rings is 1. The number of ether oxygens (including phenoxy) is 1. The second-order valence-corrected chi connectivity index (χ2v) is 8.88. The number of sulfonamides is 1. The van der Waals surface area contributed by atoms with Gasteiger partial charge in [-0.15, -0.1) is 0 Å². The molecule has 30 heavy (non-hydrogen) atoms. The Hall–Kier alpha value is -3.27. The number of fused-ring (bicyclic) bond motifs is 1. The predicted molar refractivity (Wildman–Crippen MR) is 115 cm³/mol. The molecule has 0 atom stereocenters. The van der Waals surface area contributed by atoms with Crippen LogP contribution in [0.15, 0.2) is 46.1 Å². The van der Waals surface area contributed by atoms with Gasteiger partial charge in [0.2, 0.25) is 0 Å². The number of nitrogens with one attached hydrogen (secondary N) is 2. The molecule has 0 unspecified atom stereocenters. The molecule has 1 amide bonds. The minimum Gasteiger partial charge on any atom is -0.496 e. The van der Waals surface area contributed by atoms with Gasteiger partial charge in [-0.2, -0.15) is 0 Å². The van der Waals surface area contributed by atoms with Gasteiger partial charge in [0.15, 0.2) is 0 Å². The zero-order chi connectivity index (χ0) is 22.2. The molecule has 0 radical (unpaired) electrons. The second kappa shape index (κ2) is 7.86. The van der Waals surface area contributed by atoms with Crippen LogP contribution in [0, 0.1) is 0 Å². The van der Waals surface area contributed by atoms with Gasteiger partial charge in [-0.05, 0) is 50.2 Å². The summed E-state index contributed by atoms with van der Waals surface area (Å²) in [5.74, 6) is -0.160. The summed E-state index contributed by atoms with van der Waals surface area (Å²) in [5.41, 5.74) is 1.49. The first kappa shape index (κ1) is 21.4. The van der Waals surface area contributed by atoms with Gasteiger partial charge in [0, 0.05) is 20.1 Å². The van der Waals surface area contributed by atoms with Crippen molar-refractivity contribution >= 4 is 32.7 Å². The fourth-order valence-electron chi connectivity index (χ4n) is 3.16. The lowest BCUT2D eigenvalue weighted by atomic mass is 10.2. The molecule has 1 aromatic heterocycles. The van der Waals surface area contributed by atoms with Crippen LogP contribution < -0.4 is 20.5 Å². The summed E-state index contributed by atoms with van der Waals surface area (Å²) in [6.07, 6.45) is 0. The summed E-state index contributed by atoms with van der Waals surface area (Å²) in [6, 6.07) is 8.79. The van der Waals surface area contributed by atoms with Gasteiger partial charge in [0.25, 0.3) is 15.9 Å². The summed E-state index contributed by atoms with van der Waals surface area (Å²) in [7, 11) is 0.688. The van der Waals surface area contributed by atoms with Crippen LogP contribution in [0.5, 0.6) is 5.75 Å². The van der Waals surface area contributed by atoms with Crippen molar-refractivity contribution in [1.29, 1.82) is 0 Å². The maximum absolute atomic E-state index is 12.9. The molecule has 0 spiro atoms. The predicted octanol–water partition coefficient (Wildman–Crippen LogP) is 1.82. The van der Waals surface area contributed by atoms with Crippen LogP contribution in [0.2, 0.25) is 0 Å². The largest absolute Gasteiger partial charge is 0.496 e. The van der Waals surface area contributed by atoms with Crippen molar-refractivity contribution in [3.05, 3.63) is 52.4 Å². The van der Waals surface area contributed by atoms with E-state index in [1.807, 2.05) is 0 Å². The van der Waals surface area contributed by atoms with Crippen molar-refractivity contribution in [3.63, 3.8) is 0 Å². The Balaban J connectivity index is 1.99. The molecule has 160 valence electrons. The van der Waals surface area contributed by atoms with E-state index in [2.05, 4.69) is 10.0 Å². The average Bonchev–Trinajstić information content (AvgIpc) is 2.90. The van der Waals surface area contributed by atoms with Gasteiger partial charge in [-0.25, -0.2) is 13.2 Å². The third-order valence-corrected chi connectivity index (χ3v) is 6.05. The van der Waals surface area contributed by atoms with Crippen molar-refractivity contribution < 1.29 is 17.9 Å². The highest BCUT2D eigenvalue weighted by molar-refractivity contribution is 7.92. The standard InChI is InChI=1S/C20H24N4O5S/c1-12(2)21-19(25)15-11-14(7-9-18(15)29-5)30(27,28)22-13-6-8-16-17(10-13)24(4)20(26)23(16)3/h6-12,22H,1-5H3,(H,21,25). The van der Waals surface area contributed by atoms with E-state index in [1.54, 1.807) is 46.1 Å². The molecule has 1 heterocycles. The highest BCUT2D eigenvalue weighted by atomic mass is 32.2. The number of aryl methyl sites for hydroxylation is 2. The molecular formula is C20H24N4O5S. The first-order valence-corrected chi connectivity index (χ1v) is 10.7. The van der Waals surface area contributed by atoms with E-state index in [9.17, 15) is 18.0 Å². The van der Waals surface area contributed by atoms with E-state index in [4.69, 9.17) is 4.74 Å². The Labute approximate surface area is 174 Å². The highest BCUT2D eigenvalue weighted by Gasteiger charge is 2.21. The maximum Gasteiger partial charge on any atom is 0.328 e. The van der Waals surface area contributed by atoms with Crippen molar-refractivity contribution in [3.8, 4) is 5.75 Å². The number of benzene rings is 2. The van der Waals surface area contributed by atoms with Gasteiger partial charge in [-0.3, -0.25) is 18.7 Å². The second-order valence-electron chi connectivity index (χ2n) is 7.20. The van der Waals surface area contributed by atoms with Crippen molar-refractivity contribution in [2.75, 3.05) is 11.8 Å². The minimum absolute atomic E-state index is 0.0840. The molecule has 3 aromatic rings. The molecule has 0 aliphatic rings. The highest BCUT2D eigenvalue weighted by Crippen LogP contribution is 2.25. The SMILES string of the molecule is COc1ccc(S(=O)(=O)Nc2ccc3c(c2)n(C)c(=O)n3C)cc1C(=O)NC(C)C. The Bertz CT molecular complexity index is 1290. The zero-order valence-corrected chi connectivity index (χ0v) is 18.2. The van der Waals surface area contributed by atoms with Crippen LogP contribution >= 0.6 is 0 Å². The normalized spacial score (nSPS) is 11.7. The summed E-state index contributed by atoms with van der Waals surface area (Å²) >= 11 is 0. The van der Waals surface area contributed by atoms with E-state index >= 15 is 0 Å². The zero-order valence-electron chi connectivity index (χ0n) is 17.4. The molecule has 0 saturated heterocycles. The summed E-state index contributed by atoms with van der Waals surface area (Å²) in [6.45, 7) is 3.61. The number of rotatable bonds is 6. The lowest BCUT2D eigenvalue weighted by Crippen LogP contribution is -2.30. The van der Waals surface area contributed by atoms with Gasteiger partial charge < -0.3 is 10.1 Å². The van der Waals surface area contributed by atoms with Gasteiger partial charge in [-0.1, -0.05) is 0 Å². The topological polar surface area (TPSA) is 111 Å². The quantitative estimate of drug-likeness (QED) is 0.617. The Morgan fingerprint density at radius 3 is 2.33 bits per heavy atom. The molecular weight excluding hydrogens is 408 g/mol. The molecule has 0 aliphatic heterocycles. The first-order valence-electron chi connectivity index (χ1n) is 9.22. The van der Waals surface area contributed by atoms with Gasteiger partial charge >= 0.3 is 5.69 Å². The van der Waals surface area contributed by atoms with Crippen LogP contribution in [0.25, 0.3) is 11.0 Å². The number of carbonyl (C=O) groups excluding carboxylic acids is 1. The number of carbonyl (C=O) groups is 1. The fraction of sp³-hybridized carbons (Fsp3) is 0.300. The van der Waals surface area contributed by atoms with Crippen LogP contribution in [-0.4, -0.2) is 36.6 Å². The van der Waals surface area contributed by atoms with Crippen molar-refractivity contribution in [1.82, 2.24) is 14.5 Å². The van der Waals surface area contributed by atoms with Gasteiger partial charge in [0.1, 0.15) is 5.75 Å². The van der Waals surface area contributed by atoms with Crippen LogP contribution in [0.3, 0.4) is 0 Å². The molecule has 0 fully saturated rings. The number of hydrogen-bond acceptors (Lipinski definition) is 5. The molecule has 0 aliphatic carbocycles. The van der Waals surface area contributed by atoms with E-state index < -0.39 is 15.9 Å². The monoisotopic (exact) mass is 432 g/mol. The van der Waals surface area contributed by atoms with Gasteiger partial charge in [0.05, 0.1) is 34.3 Å².